The molecule has 3 aromatic carbocycles. The molecular weight excluding hydrogens is 362 g/mol. The molecule has 4 heteroatoms. The van der Waals surface area contributed by atoms with Gasteiger partial charge >= 0.3 is 5.63 Å². The first-order chi connectivity index (χ1) is 14.0. The second-order valence-electron chi connectivity index (χ2n) is 7.31. The number of hydrogen-bond acceptors (Lipinski definition) is 4. The Kier molecular flexibility index (Phi) is 5.19. The van der Waals surface area contributed by atoms with Crippen molar-refractivity contribution in [1.29, 1.82) is 0 Å². The van der Waals surface area contributed by atoms with Crippen LogP contribution >= 0.6 is 0 Å². The smallest absolute Gasteiger partial charge is 0.336 e. The maximum atomic E-state index is 12.1. The van der Waals surface area contributed by atoms with Gasteiger partial charge in [-0.05, 0) is 42.7 Å². The summed E-state index contributed by atoms with van der Waals surface area (Å²) >= 11 is 0. The number of aryl methyl sites for hydroxylation is 2. The lowest BCUT2D eigenvalue weighted by molar-refractivity contribution is 0.468. The first kappa shape index (κ1) is 19.0. The van der Waals surface area contributed by atoms with Crippen molar-refractivity contribution >= 4 is 11.0 Å². The lowest BCUT2D eigenvalue weighted by atomic mass is 9.97. The Labute approximate surface area is 169 Å². The highest BCUT2D eigenvalue weighted by atomic mass is 16.4. The van der Waals surface area contributed by atoms with Crippen LogP contribution in [0.4, 0.5) is 0 Å². The molecule has 0 bridgehead atoms. The van der Waals surface area contributed by atoms with Crippen LogP contribution < -0.4 is 10.9 Å². The maximum Gasteiger partial charge on any atom is 0.336 e. The van der Waals surface area contributed by atoms with Crippen molar-refractivity contribution in [2.75, 3.05) is 0 Å². The van der Waals surface area contributed by atoms with Crippen LogP contribution in [0.2, 0.25) is 0 Å². The number of fused-ring (bicyclic) bond motifs is 1. The monoisotopic (exact) mass is 385 g/mol. The van der Waals surface area contributed by atoms with E-state index in [1.165, 1.54) is 11.6 Å². The molecule has 146 valence electrons. The standard InChI is InChI=1S/C25H23NO3/c1-16-8-10-19(11-9-16)24(18-6-4-3-5-7-18)26-15-20-14-23(28)29-25-17(2)22(27)13-12-21(20)25/h3-14,24,26-27H,15H2,1-2H3/t24-/m1/s1. The van der Waals surface area contributed by atoms with Gasteiger partial charge in [0.05, 0.1) is 6.04 Å². The van der Waals surface area contributed by atoms with Crippen molar-refractivity contribution < 1.29 is 9.52 Å². The third-order valence-electron chi connectivity index (χ3n) is 5.26. The predicted octanol–water partition coefficient (Wildman–Crippen LogP) is 4.99. The van der Waals surface area contributed by atoms with Crippen LogP contribution in [0.1, 0.15) is 33.9 Å². The Balaban J connectivity index is 1.72. The molecule has 0 amide bonds. The quantitative estimate of drug-likeness (QED) is 0.475. The largest absolute Gasteiger partial charge is 0.508 e. The molecule has 1 aromatic heterocycles. The molecule has 0 fully saturated rings. The number of phenols is 1. The van der Waals surface area contributed by atoms with Gasteiger partial charge in [-0.2, -0.15) is 0 Å². The first-order valence-electron chi connectivity index (χ1n) is 9.63. The maximum absolute atomic E-state index is 12.1. The average Bonchev–Trinajstić information content (AvgIpc) is 2.73. The zero-order valence-corrected chi connectivity index (χ0v) is 16.5. The summed E-state index contributed by atoms with van der Waals surface area (Å²) in [6.07, 6.45) is 0. The molecule has 0 saturated heterocycles. The summed E-state index contributed by atoms with van der Waals surface area (Å²) < 4.78 is 5.36. The highest BCUT2D eigenvalue weighted by Crippen LogP contribution is 2.28. The normalized spacial score (nSPS) is 12.2. The van der Waals surface area contributed by atoms with E-state index in [1.807, 2.05) is 18.2 Å². The number of nitrogens with one attached hydrogen (secondary N) is 1. The molecule has 0 aliphatic rings. The van der Waals surface area contributed by atoms with Crippen LogP contribution in [-0.2, 0) is 6.54 Å². The van der Waals surface area contributed by atoms with Crippen LogP contribution in [0.5, 0.6) is 5.75 Å². The zero-order chi connectivity index (χ0) is 20.4. The second kappa shape index (κ2) is 7.94. The van der Waals surface area contributed by atoms with Gasteiger partial charge in [0, 0.05) is 23.6 Å². The molecule has 29 heavy (non-hydrogen) atoms. The summed E-state index contributed by atoms with van der Waals surface area (Å²) in [5.74, 6) is 0.118. The van der Waals surface area contributed by atoms with Gasteiger partial charge in [-0.3, -0.25) is 0 Å². The molecule has 4 rings (SSSR count). The fraction of sp³-hybridized carbons (Fsp3) is 0.160. The molecule has 2 N–H and O–H groups in total. The second-order valence-corrected chi connectivity index (χ2v) is 7.31. The number of benzene rings is 3. The minimum Gasteiger partial charge on any atom is -0.508 e. The van der Waals surface area contributed by atoms with Crippen molar-refractivity contribution in [3.8, 4) is 5.75 Å². The Morgan fingerprint density at radius 2 is 1.62 bits per heavy atom. The van der Waals surface area contributed by atoms with Crippen molar-refractivity contribution in [1.82, 2.24) is 5.32 Å². The van der Waals surface area contributed by atoms with Gasteiger partial charge in [-0.15, -0.1) is 0 Å². The van der Waals surface area contributed by atoms with Gasteiger partial charge in [-0.1, -0.05) is 60.2 Å². The van der Waals surface area contributed by atoms with Crippen LogP contribution in [0.25, 0.3) is 11.0 Å². The molecule has 4 aromatic rings. The Morgan fingerprint density at radius 3 is 2.34 bits per heavy atom. The molecule has 4 nitrogen and oxygen atoms in total. The highest BCUT2D eigenvalue weighted by Gasteiger charge is 2.16. The first-order valence-corrected chi connectivity index (χ1v) is 9.63. The lowest BCUT2D eigenvalue weighted by Gasteiger charge is -2.21. The molecule has 0 aliphatic heterocycles. The molecule has 0 unspecified atom stereocenters. The van der Waals surface area contributed by atoms with Crippen molar-refractivity contribution in [3.05, 3.63) is 111 Å². The summed E-state index contributed by atoms with van der Waals surface area (Å²) in [5, 5.41) is 14.4. The van der Waals surface area contributed by atoms with Crippen LogP contribution in [0, 0.1) is 13.8 Å². The number of phenolic OH excluding ortho intramolecular Hbond substituents is 1. The third kappa shape index (κ3) is 3.93. The van der Waals surface area contributed by atoms with Gasteiger partial charge in [0.2, 0.25) is 0 Å². The molecule has 0 spiro atoms. The van der Waals surface area contributed by atoms with E-state index in [2.05, 4.69) is 48.6 Å². The van der Waals surface area contributed by atoms with E-state index in [0.29, 0.717) is 17.7 Å². The van der Waals surface area contributed by atoms with E-state index in [0.717, 1.165) is 22.1 Å². The van der Waals surface area contributed by atoms with E-state index >= 15 is 0 Å². The van der Waals surface area contributed by atoms with Crippen LogP contribution in [-0.4, -0.2) is 5.11 Å². The fourth-order valence-corrected chi connectivity index (χ4v) is 3.61. The molecule has 0 radical (unpaired) electrons. The average molecular weight is 385 g/mol. The van der Waals surface area contributed by atoms with Gasteiger partial charge in [0.1, 0.15) is 11.3 Å². The Hall–Kier alpha value is -3.37. The Bertz CT molecular complexity index is 1190. The lowest BCUT2D eigenvalue weighted by Crippen LogP contribution is -2.22. The van der Waals surface area contributed by atoms with Crippen molar-refractivity contribution in [2.24, 2.45) is 0 Å². The number of aromatic hydroxyl groups is 1. The van der Waals surface area contributed by atoms with Crippen LogP contribution in [0.3, 0.4) is 0 Å². The topological polar surface area (TPSA) is 62.5 Å². The zero-order valence-electron chi connectivity index (χ0n) is 16.5. The summed E-state index contributed by atoms with van der Waals surface area (Å²) in [6.45, 7) is 4.30. The summed E-state index contributed by atoms with van der Waals surface area (Å²) in [4.78, 5) is 12.1. The highest BCUT2D eigenvalue weighted by molar-refractivity contribution is 5.84. The molecule has 0 aliphatic carbocycles. The number of hydrogen-bond donors (Lipinski definition) is 2. The van der Waals surface area contributed by atoms with Crippen LogP contribution in [0.15, 0.2) is 82.0 Å². The Morgan fingerprint density at radius 1 is 0.931 bits per heavy atom. The minimum absolute atomic E-state index is 0.0164. The van der Waals surface area contributed by atoms with Crippen molar-refractivity contribution in [2.45, 2.75) is 26.4 Å². The minimum atomic E-state index is -0.422. The molecule has 1 heterocycles. The van der Waals surface area contributed by atoms with Gasteiger partial charge in [0.25, 0.3) is 0 Å². The molecule has 1 atom stereocenters. The SMILES string of the molecule is Cc1ccc([C@H](NCc2cc(=O)oc3c(C)c(O)ccc23)c2ccccc2)cc1. The fourth-order valence-electron chi connectivity index (χ4n) is 3.61. The number of rotatable bonds is 5. The third-order valence-corrected chi connectivity index (χ3v) is 5.26. The van der Waals surface area contributed by atoms with E-state index in [-0.39, 0.29) is 11.8 Å². The summed E-state index contributed by atoms with van der Waals surface area (Å²) in [6, 6.07) is 23.6. The van der Waals surface area contributed by atoms with Crippen molar-refractivity contribution in [3.63, 3.8) is 0 Å². The van der Waals surface area contributed by atoms with E-state index < -0.39 is 5.63 Å². The van der Waals surface area contributed by atoms with Gasteiger partial charge in [0.15, 0.2) is 0 Å². The summed E-state index contributed by atoms with van der Waals surface area (Å²) in [7, 11) is 0. The van der Waals surface area contributed by atoms with Gasteiger partial charge in [-0.25, -0.2) is 4.79 Å². The predicted molar refractivity (Wildman–Crippen MR) is 115 cm³/mol. The summed E-state index contributed by atoms with van der Waals surface area (Å²) in [5.41, 5.74) is 4.94. The van der Waals surface area contributed by atoms with E-state index in [9.17, 15) is 9.90 Å². The van der Waals surface area contributed by atoms with E-state index in [1.54, 1.807) is 19.1 Å². The molecule has 0 saturated carbocycles. The van der Waals surface area contributed by atoms with E-state index in [4.69, 9.17) is 4.42 Å². The molecular formula is C25H23NO3. The van der Waals surface area contributed by atoms with Gasteiger partial charge < -0.3 is 14.8 Å².